The predicted octanol–water partition coefficient (Wildman–Crippen LogP) is 5.61. The molecule has 1 fully saturated rings. The summed E-state index contributed by atoms with van der Waals surface area (Å²) in [6.45, 7) is 8.28. The van der Waals surface area contributed by atoms with Gasteiger partial charge in [0.1, 0.15) is 0 Å². The lowest BCUT2D eigenvalue weighted by atomic mass is 10.0. The van der Waals surface area contributed by atoms with E-state index in [1.165, 1.54) is 116 Å². The van der Waals surface area contributed by atoms with Gasteiger partial charge in [0.05, 0.1) is 12.7 Å². The number of aliphatic hydroxyl groups is 2. The average molecular weight is 427 g/mol. The van der Waals surface area contributed by atoms with Crippen molar-refractivity contribution in [3.63, 3.8) is 0 Å². The fraction of sp³-hybridized carbons (Fsp3) is 1.00. The van der Waals surface area contributed by atoms with Crippen LogP contribution in [0.5, 0.6) is 0 Å². The van der Waals surface area contributed by atoms with Gasteiger partial charge in [-0.2, -0.15) is 0 Å². The molecule has 0 radical (unpaired) electrons. The molecule has 0 aromatic carbocycles. The molecule has 4 heteroatoms. The number of hydrogen-bond donors (Lipinski definition) is 2. The van der Waals surface area contributed by atoms with Crippen molar-refractivity contribution in [1.82, 2.24) is 9.80 Å². The van der Waals surface area contributed by atoms with Crippen molar-refractivity contribution in [3.05, 3.63) is 0 Å². The van der Waals surface area contributed by atoms with Gasteiger partial charge >= 0.3 is 0 Å². The molecule has 30 heavy (non-hydrogen) atoms. The van der Waals surface area contributed by atoms with Gasteiger partial charge in [-0.3, -0.25) is 4.90 Å². The maximum Gasteiger partial charge on any atom is 0.0897 e. The fourth-order valence-corrected chi connectivity index (χ4v) is 4.61. The van der Waals surface area contributed by atoms with Crippen LogP contribution in [0, 0.1) is 0 Å². The van der Waals surface area contributed by atoms with Gasteiger partial charge in [0.2, 0.25) is 0 Å². The van der Waals surface area contributed by atoms with E-state index in [9.17, 15) is 5.11 Å². The molecule has 1 unspecified atom stereocenters. The SMILES string of the molecule is CCCCCCCCCCCCCCCCCCCN1CCN(CC(O)CO)CC1. The standard InChI is InChI=1S/C26H54N2O2/c1-2-3-4-5-6-7-8-9-10-11-12-13-14-15-16-17-18-19-27-20-22-28(23-21-27)24-26(30)25-29/h26,29-30H,2-25H2,1H3. The van der Waals surface area contributed by atoms with E-state index in [-0.39, 0.29) is 6.61 Å². The summed E-state index contributed by atoms with van der Waals surface area (Å²) in [5.74, 6) is 0. The highest BCUT2D eigenvalue weighted by Crippen LogP contribution is 2.14. The Morgan fingerprint density at radius 1 is 0.567 bits per heavy atom. The van der Waals surface area contributed by atoms with Crippen LogP contribution in [0.15, 0.2) is 0 Å². The molecule has 1 saturated heterocycles. The highest BCUT2D eigenvalue weighted by atomic mass is 16.3. The van der Waals surface area contributed by atoms with Gasteiger partial charge in [-0.15, -0.1) is 0 Å². The molecule has 0 bridgehead atoms. The topological polar surface area (TPSA) is 46.9 Å². The van der Waals surface area contributed by atoms with Crippen molar-refractivity contribution < 1.29 is 10.2 Å². The number of nitrogens with zero attached hydrogens (tertiary/aromatic N) is 2. The van der Waals surface area contributed by atoms with Crippen LogP contribution < -0.4 is 0 Å². The Morgan fingerprint density at radius 2 is 0.933 bits per heavy atom. The third kappa shape index (κ3) is 16.5. The van der Waals surface area contributed by atoms with Crippen molar-refractivity contribution >= 4 is 0 Å². The number of hydrogen-bond acceptors (Lipinski definition) is 4. The predicted molar refractivity (Wildman–Crippen MR) is 130 cm³/mol. The minimum absolute atomic E-state index is 0.126. The average Bonchev–Trinajstić information content (AvgIpc) is 2.77. The molecule has 1 aliphatic rings. The number of piperazine rings is 1. The molecule has 0 aliphatic carbocycles. The minimum Gasteiger partial charge on any atom is -0.394 e. The lowest BCUT2D eigenvalue weighted by molar-refractivity contribution is 0.0393. The van der Waals surface area contributed by atoms with Gasteiger partial charge in [-0.05, 0) is 13.0 Å². The minimum atomic E-state index is -0.582. The number of β-amino-alcohol motifs (C(OH)–C–C–N with tert-alkyl or cyclic N) is 1. The van der Waals surface area contributed by atoms with Gasteiger partial charge < -0.3 is 15.1 Å². The monoisotopic (exact) mass is 426 g/mol. The summed E-state index contributed by atoms with van der Waals surface area (Å²) in [5.41, 5.74) is 0. The van der Waals surface area contributed by atoms with Gasteiger partial charge in [0.15, 0.2) is 0 Å². The molecule has 1 rings (SSSR count). The van der Waals surface area contributed by atoms with Gasteiger partial charge in [-0.25, -0.2) is 0 Å². The zero-order chi connectivity index (χ0) is 21.7. The summed E-state index contributed by atoms with van der Waals surface area (Å²) >= 11 is 0. The van der Waals surface area contributed by atoms with Crippen LogP contribution in [0.3, 0.4) is 0 Å². The van der Waals surface area contributed by atoms with Crippen molar-refractivity contribution in [2.45, 2.75) is 122 Å². The summed E-state index contributed by atoms with van der Waals surface area (Å²) in [5, 5.41) is 18.5. The molecule has 2 N–H and O–H groups in total. The van der Waals surface area contributed by atoms with E-state index in [1.807, 2.05) is 0 Å². The zero-order valence-electron chi connectivity index (χ0n) is 20.3. The quantitative estimate of drug-likeness (QED) is 0.234. The second-order valence-corrected chi connectivity index (χ2v) is 9.64. The summed E-state index contributed by atoms with van der Waals surface area (Å²) in [7, 11) is 0. The molecular formula is C26H54N2O2. The third-order valence-electron chi connectivity index (χ3n) is 6.72. The maximum absolute atomic E-state index is 9.54. The Hall–Kier alpha value is -0.160. The molecule has 1 heterocycles. The van der Waals surface area contributed by atoms with E-state index >= 15 is 0 Å². The summed E-state index contributed by atoms with van der Waals surface area (Å²) in [6, 6.07) is 0. The molecule has 1 atom stereocenters. The van der Waals surface area contributed by atoms with Crippen LogP contribution in [0.25, 0.3) is 0 Å². The van der Waals surface area contributed by atoms with Crippen molar-refractivity contribution in [2.24, 2.45) is 0 Å². The molecule has 0 aromatic rings. The van der Waals surface area contributed by atoms with Crippen LogP contribution in [0.1, 0.15) is 116 Å². The third-order valence-corrected chi connectivity index (χ3v) is 6.72. The van der Waals surface area contributed by atoms with Crippen LogP contribution in [-0.4, -0.2) is 72.0 Å². The van der Waals surface area contributed by atoms with Crippen LogP contribution in [-0.2, 0) is 0 Å². The number of unbranched alkanes of at least 4 members (excludes halogenated alkanes) is 16. The highest BCUT2D eigenvalue weighted by Gasteiger charge is 2.18. The number of aliphatic hydroxyl groups excluding tert-OH is 2. The number of rotatable bonds is 21. The lowest BCUT2D eigenvalue weighted by Gasteiger charge is -2.35. The maximum atomic E-state index is 9.54. The first-order valence-electron chi connectivity index (χ1n) is 13.5. The molecule has 0 amide bonds. The summed E-state index contributed by atoms with van der Waals surface area (Å²) in [6.07, 6.45) is 23.7. The van der Waals surface area contributed by atoms with E-state index in [1.54, 1.807) is 0 Å². The van der Waals surface area contributed by atoms with Crippen molar-refractivity contribution in [3.8, 4) is 0 Å². The Labute approximate surface area is 188 Å². The summed E-state index contributed by atoms with van der Waals surface area (Å²) < 4.78 is 0. The zero-order valence-corrected chi connectivity index (χ0v) is 20.3. The van der Waals surface area contributed by atoms with Gasteiger partial charge in [0, 0.05) is 32.7 Å². The molecule has 1 aliphatic heterocycles. The largest absolute Gasteiger partial charge is 0.394 e. The first-order valence-corrected chi connectivity index (χ1v) is 13.5. The van der Waals surface area contributed by atoms with Crippen LogP contribution >= 0.6 is 0 Å². The highest BCUT2D eigenvalue weighted by molar-refractivity contribution is 4.74. The molecule has 180 valence electrons. The second-order valence-electron chi connectivity index (χ2n) is 9.64. The molecular weight excluding hydrogens is 372 g/mol. The Kier molecular flexibility index (Phi) is 19.3. The smallest absolute Gasteiger partial charge is 0.0897 e. The molecule has 0 saturated carbocycles. The van der Waals surface area contributed by atoms with E-state index in [0.29, 0.717) is 6.54 Å². The molecule has 0 aromatic heterocycles. The first-order chi connectivity index (χ1) is 14.8. The van der Waals surface area contributed by atoms with Crippen molar-refractivity contribution in [1.29, 1.82) is 0 Å². The van der Waals surface area contributed by atoms with Gasteiger partial charge in [-0.1, -0.05) is 110 Å². The lowest BCUT2D eigenvalue weighted by Crippen LogP contribution is -2.49. The van der Waals surface area contributed by atoms with E-state index in [2.05, 4.69) is 16.7 Å². The van der Waals surface area contributed by atoms with Crippen LogP contribution in [0.2, 0.25) is 0 Å². The normalized spacial score (nSPS) is 16.9. The first kappa shape index (κ1) is 27.9. The van der Waals surface area contributed by atoms with E-state index < -0.39 is 6.10 Å². The van der Waals surface area contributed by atoms with Crippen molar-refractivity contribution in [2.75, 3.05) is 45.9 Å². The fourth-order valence-electron chi connectivity index (χ4n) is 4.61. The Morgan fingerprint density at radius 3 is 1.33 bits per heavy atom. The van der Waals surface area contributed by atoms with Gasteiger partial charge in [0.25, 0.3) is 0 Å². The Bertz CT molecular complexity index is 346. The Balaban J connectivity index is 1.74. The summed E-state index contributed by atoms with van der Waals surface area (Å²) in [4.78, 5) is 4.83. The second kappa shape index (κ2) is 20.7. The van der Waals surface area contributed by atoms with Crippen LogP contribution in [0.4, 0.5) is 0 Å². The van der Waals surface area contributed by atoms with E-state index in [4.69, 9.17) is 5.11 Å². The molecule has 4 nitrogen and oxygen atoms in total. The van der Waals surface area contributed by atoms with E-state index in [0.717, 1.165) is 26.2 Å². The molecule has 0 spiro atoms.